The number of amidine groups is 1. The number of nitrogens with one attached hydrogen (secondary N) is 2. The summed E-state index contributed by atoms with van der Waals surface area (Å²) in [6.07, 6.45) is 1.90. The lowest BCUT2D eigenvalue weighted by atomic mass is 10.1. The second-order valence-electron chi connectivity index (χ2n) is 5.13. The molecule has 2 aromatic rings. The summed E-state index contributed by atoms with van der Waals surface area (Å²) in [5.74, 6) is 1.60. The van der Waals surface area contributed by atoms with Gasteiger partial charge in [0.15, 0.2) is 5.84 Å². The molecule has 2 N–H and O–H groups in total. The fourth-order valence-electron chi connectivity index (χ4n) is 2.67. The van der Waals surface area contributed by atoms with Crippen molar-refractivity contribution in [3.05, 3.63) is 66.0 Å². The van der Waals surface area contributed by atoms with E-state index >= 15 is 0 Å². The van der Waals surface area contributed by atoms with Gasteiger partial charge in [0.1, 0.15) is 10.7 Å². The first kappa shape index (κ1) is 13.8. The highest BCUT2D eigenvalue weighted by atomic mass is 32.1. The van der Waals surface area contributed by atoms with Crippen LogP contribution in [-0.4, -0.2) is 17.9 Å². The van der Waals surface area contributed by atoms with Gasteiger partial charge in [-0.15, -0.1) is 0 Å². The first-order chi connectivity index (χ1) is 11.3. The molecule has 0 saturated heterocycles. The Balaban J connectivity index is 1.84. The SMILES string of the molecule is COc1ccc(C2=NNC(=S)C3=CNc4ccccc4N32)cc1. The van der Waals surface area contributed by atoms with Gasteiger partial charge in [0.05, 0.1) is 24.2 Å². The van der Waals surface area contributed by atoms with Gasteiger partial charge in [-0.3, -0.25) is 10.3 Å². The van der Waals surface area contributed by atoms with Crippen molar-refractivity contribution >= 4 is 34.4 Å². The number of anilines is 2. The molecule has 0 spiro atoms. The topological polar surface area (TPSA) is 48.9 Å². The molecule has 6 heteroatoms. The Hall–Kier alpha value is -2.86. The van der Waals surface area contributed by atoms with Gasteiger partial charge in [-0.1, -0.05) is 24.4 Å². The van der Waals surface area contributed by atoms with Crippen molar-refractivity contribution in [2.24, 2.45) is 5.10 Å². The Labute approximate surface area is 139 Å². The number of hydrogen-bond acceptors (Lipinski definition) is 5. The molecule has 2 aliphatic heterocycles. The van der Waals surface area contributed by atoms with Crippen LogP contribution in [0.2, 0.25) is 0 Å². The Morgan fingerprint density at radius 2 is 1.87 bits per heavy atom. The molecule has 114 valence electrons. The van der Waals surface area contributed by atoms with E-state index in [4.69, 9.17) is 17.0 Å². The molecule has 5 nitrogen and oxygen atoms in total. The zero-order chi connectivity index (χ0) is 15.8. The standard InChI is InChI=1S/C17H14N4OS/c1-22-12-8-6-11(7-9-12)16-19-20-17(23)15-10-18-13-4-2-3-5-14(13)21(15)16/h2-10,18H,1H3,(H,20,23). The number of para-hydroxylation sites is 2. The van der Waals surface area contributed by atoms with Crippen LogP contribution in [0.3, 0.4) is 0 Å². The number of benzene rings is 2. The van der Waals surface area contributed by atoms with E-state index < -0.39 is 0 Å². The van der Waals surface area contributed by atoms with Crippen LogP contribution < -0.4 is 20.4 Å². The monoisotopic (exact) mass is 322 g/mol. The number of thiocarbonyl (C=S) groups is 1. The van der Waals surface area contributed by atoms with Gasteiger partial charge in [-0.25, -0.2) is 0 Å². The van der Waals surface area contributed by atoms with Crippen LogP contribution in [0.15, 0.2) is 65.5 Å². The van der Waals surface area contributed by atoms with E-state index in [2.05, 4.69) is 20.7 Å². The third-order valence-corrected chi connectivity index (χ3v) is 4.11. The second kappa shape index (κ2) is 5.40. The van der Waals surface area contributed by atoms with Crippen LogP contribution in [0.25, 0.3) is 0 Å². The molecule has 2 aliphatic rings. The molecule has 0 radical (unpaired) electrons. The summed E-state index contributed by atoms with van der Waals surface area (Å²) in [5.41, 5.74) is 6.81. The first-order valence-electron chi connectivity index (χ1n) is 7.16. The first-order valence-corrected chi connectivity index (χ1v) is 7.57. The van der Waals surface area contributed by atoms with Crippen molar-refractivity contribution in [1.29, 1.82) is 0 Å². The van der Waals surface area contributed by atoms with Crippen LogP contribution in [-0.2, 0) is 0 Å². The maximum Gasteiger partial charge on any atom is 0.165 e. The number of ether oxygens (including phenoxy) is 1. The predicted octanol–water partition coefficient (Wildman–Crippen LogP) is 3.06. The molecule has 0 saturated carbocycles. The van der Waals surface area contributed by atoms with Gasteiger partial charge in [-0.2, -0.15) is 5.10 Å². The second-order valence-corrected chi connectivity index (χ2v) is 5.54. The summed E-state index contributed by atoms with van der Waals surface area (Å²) in [4.78, 5) is 2.65. The van der Waals surface area contributed by atoms with Crippen molar-refractivity contribution in [3.8, 4) is 5.75 Å². The fourth-order valence-corrected chi connectivity index (χ4v) is 2.87. The van der Waals surface area contributed by atoms with Gasteiger partial charge >= 0.3 is 0 Å². The molecular weight excluding hydrogens is 308 g/mol. The maximum absolute atomic E-state index is 5.39. The van der Waals surface area contributed by atoms with Gasteiger partial charge in [0.2, 0.25) is 0 Å². The highest BCUT2D eigenvalue weighted by Crippen LogP contribution is 2.35. The number of rotatable bonds is 2. The molecule has 0 aromatic heterocycles. The lowest BCUT2D eigenvalue weighted by Crippen LogP contribution is -2.45. The van der Waals surface area contributed by atoms with E-state index in [0.29, 0.717) is 4.99 Å². The van der Waals surface area contributed by atoms with E-state index in [1.165, 1.54) is 0 Å². The number of hydrogen-bond donors (Lipinski definition) is 2. The number of methoxy groups -OCH3 is 1. The van der Waals surface area contributed by atoms with Gasteiger partial charge in [0.25, 0.3) is 0 Å². The summed E-state index contributed by atoms with van der Waals surface area (Å²) in [7, 11) is 1.65. The summed E-state index contributed by atoms with van der Waals surface area (Å²) in [5, 5.41) is 7.74. The zero-order valence-corrected chi connectivity index (χ0v) is 13.2. The van der Waals surface area contributed by atoms with Crippen molar-refractivity contribution in [3.63, 3.8) is 0 Å². The lowest BCUT2D eigenvalue weighted by molar-refractivity contribution is 0.415. The van der Waals surface area contributed by atoms with E-state index in [1.54, 1.807) is 7.11 Å². The maximum atomic E-state index is 5.39. The van der Waals surface area contributed by atoms with E-state index in [-0.39, 0.29) is 0 Å². The van der Waals surface area contributed by atoms with Crippen molar-refractivity contribution in [2.75, 3.05) is 17.3 Å². The van der Waals surface area contributed by atoms with Crippen molar-refractivity contribution in [2.45, 2.75) is 0 Å². The minimum absolute atomic E-state index is 0.587. The molecule has 0 aliphatic carbocycles. The highest BCUT2D eigenvalue weighted by Gasteiger charge is 2.30. The van der Waals surface area contributed by atoms with E-state index in [0.717, 1.165) is 34.2 Å². The zero-order valence-electron chi connectivity index (χ0n) is 12.4. The summed E-state index contributed by atoms with van der Waals surface area (Å²) in [6.45, 7) is 0. The molecule has 0 unspecified atom stereocenters. The number of fused-ring (bicyclic) bond motifs is 3. The molecule has 2 heterocycles. The van der Waals surface area contributed by atoms with Crippen LogP contribution in [0.5, 0.6) is 5.75 Å². The summed E-state index contributed by atoms with van der Waals surface area (Å²) < 4.78 is 5.23. The van der Waals surface area contributed by atoms with Gasteiger partial charge in [-0.05, 0) is 36.4 Å². The molecule has 0 fully saturated rings. The summed E-state index contributed by atoms with van der Waals surface area (Å²) in [6, 6.07) is 15.9. The van der Waals surface area contributed by atoms with Crippen LogP contribution in [0, 0.1) is 0 Å². The average molecular weight is 322 g/mol. The molecule has 23 heavy (non-hydrogen) atoms. The Kier molecular flexibility index (Phi) is 3.24. The summed E-state index contributed by atoms with van der Waals surface area (Å²) >= 11 is 5.39. The number of nitrogens with zero attached hydrogens (tertiary/aromatic N) is 2. The fraction of sp³-hybridized carbons (Fsp3) is 0.0588. The molecule has 4 rings (SSSR count). The van der Waals surface area contributed by atoms with E-state index in [9.17, 15) is 0 Å². The lowest BCUT2D eigenvalue weighted by Gasteiger charge is -2.36. The minimum Gasteiger partial charge on any atom is -0.497 e. The molecule has 0 bridgehead atoms. The smallest absolute Gasteiger partial charge is 0.165 e. The van der Waals surface area contributed by atoms with Crippen LogP contribution in [0.4, 0.5) is 11.4 Å². The minimum atomic E-state index is 0.587. The van der Waals surface area contributed by atoms with Gasteiger partial charge < -0.3 is 10.1 Å². The van der Waals surface area contributed by atoms with Crippen LogP contribution >= 0.6 is 12.2 Å². The average Bonchev–Trinajstić information content (AvgIpc) is 2.62. The molecule has 0 amide bonds. The van der Waals surface area contributed by atoms with Gasteiger partial charge in [0, 0.05) is 11.8 Å². The van der Waals surface area contributed by atoms with Crippen molar-refractivity contribution < 1.29 is 4.74 Å². The Morgan fingerprint density at radius 1 is 1.09 bits per heavy atom. The quantitative estimate of drug-likeness (QED) is 0.832. The third-order valence-electron chi connectivity index (χ3n) is 3.81. The third kappa shape index (κ3) is 2.24. The molecule has 0 atom stereocenters. The highest BCUT2D eigenvalue weighted by molar-refractivity contribution is 7.80. The Bertz CT molecular complexity index is 842. The number of hydrazone groups is 1. The van der Waals surface area contributed by atoms with Crippen LogP contribution in [0.1, 0.15) is 5.56 Å². The van der Waals surface area contributed by atoms with Crippen molar-refractivity contribution in [1.82, 2.24) is 5.43 Å². The Morgan fingerprint density at radius 3 is 2.65 bits per heavy atom. The van der Waals surface area contributed by atoms with E-state index in [1.807, 2.05) is 54.7 Å². The molecule has 2 aromatic carbocycles. The molecular formula is C17H14N4OS. The largest absolute Gasteiger partial charge is 0.497 e. The predicted molar refractivity (Wildman–Crippen MR) is 95.9 cm³/mol. The normalized spacial score (nSPS) is 15.5.